The number of hydrogen-bond acceptors (Lipinski definition) is 4. The average Bonchev–Trinajstić information content (AvgIpc) is 2.84. The number of hydrogen-bond donors (Lipinski definition) is 1. The number of piperidine rings is 1. The summed E-state index contributed by atoms with van der Waals surface area (Å²) in [7, 11) is -0.186. The van der Waals surface area contributed by atoms with Gasteiger partial charge in [0.25, 0.3) is 10.2 Å². The van der Waals surface area contributed by atoms with Crippen molar-refractivity contribution in [1.29, 1.82) is 0 Å². The highest BCUT2D eigenvalue weighted by atomic mass is 32.2. The first-order valence-corrected chi connectivity index (χ1v) is 8.16. The Bertz CT molecular complexity index is 543. The fraction of sp³-hybridized carbons (Fsp3) is 0.750. The quantitative estimate of drug-likeness (QED) is 0.827. The smallest absolute Gasteiger partial charge is 0.282 e. The van der Waals surface area contributed by atoms with E-state index in [1.165, 1.54) is 8.61 Å². The molecule has 7 nitrogen and oxygen atoms in total. The van der Waals surface area contributed by atoms with Crippen molar-refractivity contribution in [3.05, 3.63) is 18.0 Å². The van der Waals surface area contributed by atoms with Crippen molar-refractivity contribution >= 4 is 10.2 Å². The Morgan fingerprint density at radius 1 is 1.50 bits per heavy atom. The highest BCUT2D eigenvalue weighted by molar-refractivity contribution is 7.86. The molecule has 1 aromatic rings. The average molecular weight is 302 g/mol. The van der Waals surface area contributed by atoms with Gasteiger partial charge < -0.3 is 5.11 Å². The molecule has 114 valence electrons. The molecular formula is C12H22N4O3S. The van der Waals surface area contributed by atoms with Crippen LogP contribution in [0.4, 0.5) is 0 Å². The van der Waals surface area contributed by atoms with E-state index < -0.39 is 10.2 Å². The summed E-state index contributed by atoms with van der Waals surface area (Å²) >= 11 is 0. The molecule has 1 fully saturated rings. The molecule has 0 radical (unpaired) electrons. The van der Waals surface area contributed by atoms with Crippen molar-refractivity contribution in [3.8, 4) is 0 Å². The Morgan fingerprint density at radius 2 is 2.25 bits per heavy atom. The van der Waals surface area contributed by atoms with E-state index in [2.05, 4.69) is 5.10 Å². The van der Waals surface area contributed by atoms with Gasteiger partial charge in [-0.2, -0.15) is 22.1 Å². The first kappa shape index (κ1) is 15.4. The maximum Gasteiger partial charge on any atom is 0.282 e. The van der Waals surface area contributed by atoms with Gasteiger partial charge in [-0.1, -0.05) is 6.42 Å². The highest BCUT2D eigenvalue weighted by Crippen LogP contribution is 2.22. The monoisotopic (exact) mass is 302 g/mol. The molecule has 2 heterocycles. The molecular weight excluding hydrogens is 280 g/mol. The minimum absolute atomic E-state index is 0.125. The van der Waals surface area contributed by atoms with E-state index in [4.69, 9.17) is 0 Å². The maximum absolute atomic E-state index is 12.6. The minimum atomic E-state index is -3.54. The number of nitrogens with zero attached hydrogens (tertiary/aromatic N) is 4. The van der Waals surface area contributed by atoms with Gasteiger partial charge in [0.1, 0.15) is 0 Å². The van der Waals surface area contributed by atoms with E-state index in [1.54, 1.807) is 31.2 Å². The van der Waals surface area contributed by atoms with Gasteiger partial charge in [0.15, 0.2) is 0 Å². The molecule has 0 aromatic carbocycles. The molecule has 0 saturated carbocycles. The van der Waals surface area contributed by atoms with Crippen molar-refractivity contribution in [3.63, 3.8) is 0 Å². The van der Waals surface area contributed by atoms with E-state index in [0.29, 0.717) is 6.54 Å². The summed E-state index contributed by atoms with van der Waals surface area (Å²) < 4.78 is 29.5. The third-order valence-corrected chi connectivity index (χ3v) is 5.63. The number of aliphatic hydroxyl groups excluding tert-OH is 1. The van der Waals surface area contributed by atoms with Gasteiger partial charge in [-0.3, -0.25) is 4.68 Å². The molecule has 1 unspecified atom stereocenters. The third kappa shape index (κ3) is 3.20. The summed E-state index contributed by atoms with van der Waals surface area (Å²) in [5.74, 6) is 0. The largest absolute Gasteiger partial charge is 0.395 e. The Morgan fingerprint density at radius 3 is 2.85 bits per heavy atom. The van der Waals surface area contributed by atoms with E-state index in [-0.39, 0.29) is 19.2 Å². The molecule has 0 amide bonds. The molecule has 1 N–H and O–H groups in total. The van der Waals surface area contributed by atoms with E-state index in [0.717, 1.165) is 24.8 Å². The van der Waals surface area contributed by atoms with Crippen LogP contribution in [0.1, 0.15) is 24.8 Å². The van der Waals surface area contributed by atoms with E-state index in [9.17, 15) is 13.5 Å². The zero-order valence-electron chi connectivity index (χ0n) is 11.9. The summed E-state index contributed by atoms with van der Waals surface area (Å²) in [6.07, 6.45) is 5.98. The van der Waals surface area contributed by atoms with Crippen LogP contribution >= 0.6 is 0 Å². The van der Waals surface area contributed by atoms with Crippen LogP contribution in [0.5, 0.6) is 0 Å². The number of aryl methyl sites for hydroxylation is 1. The lowest BCUT2D eigenvalue weighted by Crippen LogP contribution is -2.50. The van der Waals surface area contributed by atoms with Crippen molar-refractivity contribution in [2.24, 2.45) is 7.05 Å². The van der Waals surface area contributed by atoms with Gasteiger partial charge in [0.2, 0.25) is 0 Å². The molecule has 1 saturated heterocycles. The number of aromatic nitrogens is 2. The van der Waals surface area contributed by atoms with Crippen LogP contribution < -0.4 is 0 Å². The predicted molar refractivity (Wildman–Crippen MR) is 75.0 cm³/mol. The summed E-state index contributed by atoms with van der Waals surface area (Å²) in [6, 6.07) is -0.301. The zero-order chi connectivity index (χ0) is 14.8. The van der Waals surface area contributed by atoms with E-state index >= 15 is 0 Å². The summed E-state index contributed by atoms with van der Waals surface area (Å²) in [5.41, 5.74) is 0.844. The lowest BCUT2D eigenvalue weighted by molar-refractivity contribution is 0.149. The van der Waals surface area contributed by atoms with Crippen LogP contribution in [0.3, 0.4) is 0 Å². The van der Waals surface area contributed by atoms with E-state index in [1.807, 2.05) is 0 Å². The molecule has 2 rings (SSSR count). The van der Waals surface area contributed by atoms with Crippen LogP contribution in [-0.4, -0.2) is 58.2 Å². The van der Waals surface area contributed by atoms with Crippen molar-refractivity contribution < 1.29 is 13.5 Å². The van der Waals surface area contributed by atoms with Gasteiger partial charge in [0.05, 0.1) is 12.8 Å². The number of aliphatic hydroxyl groups is 1. The Hall–Kier alpha value is -0.960. The van der Waals surface area contributed by atoms with Gasteiger partial charge >= 0.3 is 0 Å². The fourth-order valence-corrected chi connectivity index (χ4v) is 4.11. The third-order valence-electron chi connectivity index (χ3n) is 3.64. The van der Waals surface area contributed by atoms with Gasteiger partial charge in [-0.05, 0) is 12.8 Å². The minimum Gasteiger partial charge on any atom is -0.395 e. The lowest BCUT2D eigenvalue weighted by Gasteiger charge is -2.35. The first-order valence-electron chi connectivity index (χ1n) is 6.76. The standard InChI is InChI=1S/C12H22N4O3S/c1-14-8-11(7-13-14)9-15(2)20(18,19)16-6-4-3-5-12(16)10-17/h7-8,12,17H,3-6,9-10H2,1-2H3. The van der Waals surface area contributed by atoms with Crippen molar-refractivity contribution in [2.75, 3.05) is 20.2 Å². The number of rotatable bonds is 5. The van der Waals surface area contributed by atoms with Crippen LogP contribution in [0.25, 0.3) is 0 Å². The topological polar surface area (TPSA) is 78.7 Å². The lowest BCUT2D eigenvalue weighted by atomic mass is 10.1. The Balaban J connectivity index is 2.11. The molecule has 1 aliphatic rings. The van der Waals surface area contributed by atoms with Gasteiger partial charge in [-0.15, -0.1) is 0 Å². The molecule has 0 aliphatic carbocycles. The molecule has 1 atom stereocenters. The SMILES string of the molecule is CN(Cc1cnn(C)c1)S(=O)(=O)N1CCCCC1CO. The fourth-order valence-electron chi connectivity index (χ4n) is 2.53. The zero-order valence-corrected chi connectivity index (χ0v) is 12.8. The highest BCUT2D eigenvalue weighted by Gasteiger charge is 2.34. The van der Waals surface area contributed by atoms with Crippen molar-refractivity contribution in [2.45, 2.75) is 31.8 Å². The summed E-state index contributed by atoms with van der Waals surface area (Å²) in [6.45, 7) is 0.635. The molecule has 1 aliphatic heterocycles. The maximum atomic E-state index is 12.6. The van der Waals surface area contributed by atoms with Gasteiger partial charge in [0, 0.05) is 45.0 Å². The van der Waals surface area contributed by atoms with Crippen LogP contribution in [0.15, 0.2) is 12.4 Å². The Labute approximate surface area is 120 Å². The summed E-state index contributed by atoms with van der Waals surface area (Å²) in [5, 5.41) is 13.4. The first-order chi connectivity index (χ1) is 9.45. The predicted octanol–water partition coefficient (Wildman–Crippen LogP) is -0.0565. The normalized spacial score (nSPS) is 21.5. The van der Waals surface area contributed by atoms with Gasteiger partial charge in [-0.25, -0.2) is 0 Å². The Kier molecular flexibility index (Phi) is 4.79. The summed E-state index contributed by atoms with van der Waals surface area (Å²) in [4.78, 5) is 0. The molecule has 0 bridgehead atoms. The molecule has 0 spiro atoms. The molecule has 1 aromatic heterocycles. The second-order valence-corrected chi connectivity index (χ2v) is 7.22. The van der Waals surface area contributed by atoms with Crippen LogP contribution in [0.2, 0.25) is 0 Å². The second kappa shape index (κ2) is 6.21. The van der Waals surface area contributed by atoms with Crippen molar-refractivity contribution in [1.82, 2.24) is 18.4 Å². The van der Waals surface area contributed by atoms with Crippen LogP contribution in [0, 0.1) is 0 Å². The second-order valence-electron chi connectivity index (χ2n) is 5.23. The molecule has 20 heavy (non-hydrogen) atoms. The van der Waals surface area contributed by atoms with Crippen LogP contribution in [-0.2, 0) is 23.8 Å². The molecule has 8 heteroatoms.